The first-order valence-electron chi connectivity index (χ1n) is 10.7. The highest BCUT2D eigenvalue weighted by atomic mass is 19.4. The summed E-state index contributed by atoms with van der Waals surface area (Å²) >= 11 is 0. The summed E-state index contributed by atoms with van der Waals surface area (Å²) in [7, 11) is 1.76. The second-order valence-corrected chi connectivity index (χ2v) is 9.05. The number of benzene rings is 2. The summed E-state index contributed by atoms with van der Waals surface area (Å²) < 4.78 is 42.7. The zero-order valence-electron chi connectivity index (χ0n) is 18.8. The third-order valence-electron chi connectivity index (χ3n) is 6.51. The number of nitriles is 1. The zero-order valence-corrected chi connectivity index (χ0v) is 18.8. The van der Waals surface area contributed by atoms with Crippen LogP contribution in [0.2, 0.25) is 0 Å². The second-order valence-electron chi connectivity index (χ2n) is 9.05. The van der Waals surface area contributed by atoms with Crippen molar-refractivity contribution in [2.45, 2.75) is 38.8 Å². The monoisotopic (exact) mass is 450 g/mol. The van der Waals surface area contributed by atoms with Crippen molar-refractivity contribution in [3.63, 3.8) is 0 Å². The number of para-hydroxylation sites is 1. The molecular weight excluding hydrogens is 425 g/mol. The molecule has 1 heterocycles. The van der Waals surface area contributed by atoms with Gasteiger partial charge in [0.05, 0.1) is 23.5 Å². The first-order chi connectivity index (χ1) is 15.6. The zero-order chi connectivity index (χ0) is 23.8. The predicted molar refractivity (Wildman–Crippen MR) is 123 cm³/mol. The van der Waals surface area contributed by atoms with Crippen molar-refractivity contribution in [2.75, 3.05) is 11.9 Å². The standard InChI is InChI=1S/C26H25F3N4/c1-25(2)11-10-20(33-13-12-31-17-33)15-23(25)21-6-4-5-7-24(21)32(3)19-9-8-18(16-30)22(14-19)26(27,28)29/h4-9,12-15,17,23H,10-11H2,1-3H3. The van der Waals surface area contributed by atoms with Crippen LogP contribution in [0, 0.1) is 16.7 Å². The normalized spacial score (nSPS) is 17.8. The Hall–Kier alpha value is -3.53. The minimum atomic E-state index is -4.60. The molecule has 0 radical (unpaired) electrons. The molecule has 0 spiro atoms. The van der Waals surface area contributed by atoms with Crippen LogP contribution in [-0.2, 0) is 6.18 Å². The highest BCUT2D eigenvalue weighted by Gasteiger charge is 2.36. The lowest BCUT2D eigenvalue weighted by atomic mass is 9.68. The second kappa shape index (κ2) is 8.43. The Morgan fingerprint density at radius 2 is 1.94 bits per heavy atom. The van der Waals surface area contributed by atoms with Crippen molar-refractivity contribution in [2.24, 2.45) is 5.41 Å². The first kappa shape index (κ1) is 22.7. The van der Waals surface area contributed by atoms with Crippen LogP contribution >= 0.6 is 0 Å². The molecule has 0 aliphatic heterocycles. The maximum absolute atomic E-state index is 13.5. The third-order valence-corrected chi connectivity index (χ3v) is 6.51. The number of anilines is 2. The molecule has 0 N–H and O–H groups in total. The van der Waals surface area contributed by atoms with Gasteiger partial charge in [0.15, 0.2) is 0 Å². The van der Waals surface area contributed by atoms with Gasteiger partial charge in [-0.2, -0.15) is 18.4 Å². The van der Waals surface area contributed by atoms with Crippen LogP contribution in [-0.4, -0.2) is 16.6 Å². The maximum Gasteiger partial charge on any atom is 0.417 e. The topological polar surface area (TPSA) is 44.9 Å². The number of hydrogen-bond donors (Lipinski definition) is 0. The SMILES string of the molecule is CN(c1ccc(C#N)c(C(F)(F)F)c1)c1ccccc1C1C=C(n2ccnc2)CCC1(C)C. The molecule has 0 saturated carbocycles. The van der Waals surface area contributed by atoms with Gasteiger partial charge in [-0.3, -0.25) is 0 Å². The quantitative estimate of drug-likeness (QED) is 0.430. The van der Waals surface area contributed by atoms with Crippen molar-refractivity contribution in [1.29, 1.82) is 5.26 Å². The Morgan fingerprint density at radius 1 is 1.18 bits per heavy atom. The van der Waals surface area contributed by atoms with Gasteiger partial charge in [0, 0.05) is 42.4 Å². The molecule has 0 bridgehead atoms. The van der Waals surface area contributed by atoms with Gasteiger partial charge in [-0.25, -0.2) is 4.98 Å². The lowest BCUT2D eigenvalue weighted by Crippen LogP contribution is -2.27. The summed E-state index contributed by atoms with van der Waals surface area (Å²) in [6, 6.07) is 13.3. The number of rotatable bonds is 4. The molecule has 1 aliphatic carbocycles. The number of allylic oxidation sites excluding steroid dienone is 2. The molecule has 4 rings (SSSR count). The number of halogens is 3. The Balaban J connectivity index is 1.79. The fourth-order valence-corrected chi connectivity index (χ4v) is 4.53. The van der Waals surface area contributed by atoms with Gasteiger partial charge in [0.1, 0.15) is 0 Å². The van der Waals surface area contributed by atoms with Gasteiger partial charge in [-0.05, 0) is 48.1 Å². The molecule has 33 heavy (non-hydrogen) atoms. The number of hydrogen-bond acceptors (Lipinski definition) is 3. The molecular formula is C26H25F3N4. The molecule has 4 nitrogen and oxygen atoms in total. The number of aromatic nitrogens is 2. The summed E-state index contributed by atoms with van der Waals surface area (Å²) in [6.45, 7) is 4.44. The third kappa shape index (κ3) is 4.38. The van der Waals surface area contributed by atoms with E-state index in [-0.39, 0.29) is 16.9 Å². The summed E-state index contributed by atoms with van der Waals surface area (Å²) in [5, 5.41) is 9.13. The first-order valence-corrected chi connectivity index (χ1v) is 10.7. The minimum Gasteiger partial charge on any atom is -0.344 e. The Kier molecular flexibility index (Phi) is 5.79. The fourth-order valence-electron chi connectivity index (χ4n) is 4.53. The smallest absolute Gasteiger partial charge is 0.344 e. The van der Waals surface area contributed by atoms with E-state index in [2.05, 4.69) is 24.9 Å². The summed E-state index contributed by atoms with van der Waals surface area (Å²) in [6.07, 6.45) is 4.99. The van der Waals surface area contributed by atoms with E-state index in [0.29, 0.717) is 5.69 Å². The summed E-state index contributed by atoms with van der Waals surface area (Å²) in [5.41, 5.74) is 2.06. The van der Waals surface area contributed by atoms with Crippen LogP contribution in [0.5, 0.6) is 0 Å². The minimum absolute atomic E-state index is 0.0389. The molecule has 2 aromatic carbocycles. The number of nitrogens with zero attached hydrogens (tertiary/aromatic N) is 4. The maximum atomic E-state index is 13.5. The number of imidazole rings is 1. The molecule has 1 unspecified atom stereocenters. The highest BCUT2D eigenvalue weighted by Crippen LogP contribution is 2.49. The Labute approximate surface area is 191 Å². The van der Waals surface area contributed by atoms with Gasteiger partial charge in [0.2, 0.25) is 0 Å². The highest BCUT2D eigenvalue weighted by molar-refractivity contribution is 5.69. The Morgan fingerprint density at radius 3 is 2.61 bits per heavy atom. The van der Waals surface area contributed by atoms with Gasteiger partial charge < -0.3 is 9.47 Å². The summed E-state index contributed by atoms with van der Waals surface area (Å²) in [4.78, 5) is 5.92. The van der Waals surface area contributed by atoms with E-state index in [1.807, 2.05) is 35.0 Å². The van der Waals surface area contributed by atoms with Crippen molar-refractivity contribution >= 4 is 17.1 Å². The van der Waals surface area contributed by atoms with Crippen LogP contribution in [0.3, 0.4) is 0 Å². The molecule has 0 fully saturated rings. The average molecular weight is 451 g/mol. The lowest BCUT2D eigenvalue weighted by Gasteiger charge is -2.39. The molecule has 0 saturated heterocycles. The Bertz CT molecular complexity index is 1220. The molecule has 3 aromatic rings. The van der Waals surface area contributed by atoms with Crippen LogP contribution in [0.1, 0.15) is 49.3 Å². The summed E-state index contributed by atoms with van der Waals surface area (Å²) in [5.74, 6) is 0.0581. The molecule has 1 aromatic heterocycles. The molecule has 7 heteroatoms. The van der Waals surface area contributed by atoms with E-state index in [4.69, 9.17) is 5.26 Å². The van der Waals surface area contributed by atoms with Gasteiger partial charge in [-0.15, -0.1) is 0 Å². The van der Waals surface area contributed by atoms with E-state index in [0.717, 1.165) is 35.9 Å². The van der Waals surface area contributed by atoms with Gasteiger partial charge in [-0.1, -0.05) is 38.1 Å². The van der Waals surface area contributed by atoms with Crippen molar-refractivity contribution in [3.8, 4) is 6.07 Å². The number of alkyl halides is 3. The van der Waals surface area contributed by atoms with Crippen LogP contribution in [0.25, 0.3) is 5.70 Å². The largest absolute Gasteiger partial charge is 0.417 e. The molecule has 1 atom stereocenters. The lowest BCUT2D eigenvalue weighted by molar-refractivity contribution is -0.137. The molecule has 0 amide bonds. The van der Waals surface area contributed by atoms with Crippen molar-refractivity contribution in [1.82, 2.24) is 9.55 Å². The van der Waals surface area contributed by atoms with E-state index < -0.39 is 11.7 Å². The van der Waals surface area contributed by atoms with E-state index >= 15 is 0 Å². The van der Waals surface area contributed by atoms with Crippen molar-refractivity contribution in [3.05, 3.63) is 84.0 Å². The van der Waals surface area contributed by atoms with Gasteiger partial charge in [0.25, 0.3) is 0 Å². The van der Waals surface area contributed by atoms with E-state index in [9.17, 15) is 13.2 Å². The molecule has 170 valence electrons. The van der Waals surface area contributed by atoms with Crippen molar-refractivity contribution < 1.29 is 13.2 Å². The van der Waals surface area contributed by atoms with Crippen LogP contribution in [0.4, 0.5) is 24.5 Å². The van der Waals surface area contributed by atoms with Gasteiger partial charge >= 0.3 is 6.18 Å². The van der Waals surface area contributed by atoms with E-state index in [1.165, 1.54) is 6.07 Å². The predicted octanol–water partition coefficient (Wildman–Crippen LogP) is 6.99. The van der Waals surface area contributed by atoms with Crippen LogP contribution < -0.4 is 4.90 Å². The van der Waals surface area contributed by atoms with Crippen LogP contribution in [0.15, 0.2) is 67.3 Å². The average Bonchev–Trinajstić information content (AvgIpc) is 3.32. The fraction of sp³-hybridized carbons (Fsp3) is 0.308. The van der Waals surface area contributed by atoms with E-state index in [1.54, 1.807) is 36.6 Å². The molecule has 1 aliphatic rings.